The Kier molecular flexibility index (Phi) is 5.79. The minimum atomic E-state index is -3.77. The van der Waals surface area contributed by atoms with Crippen LogP contribution in [0.4, 0.5) is 0 Å². The van der Waals surface area contributed by atoms with Crippen molar-refractivity contribution in [2.45, 2.75) is 18.2 Å². The van der Waals surface area contributed by atoms with Crippen molar-refractivity contribution in [3.05, 3.63) is 36.4 Å². The van der Waals surface area contributed by atoms with E-state index in [1.165, 1.54) is 6.07 Å². The second-order valence-corrected chi connectivity index (χ2v) is 8.37. The van der Waals surface area contributed by atoms with Crippen LogP contribution < -0.4 is 4.74 Å². The molecule has 2 aromatic rings. The molecule has 3 nitrogen and oxygen atoms in total. The first-order chi connectivity index (χ1) is 10.0. The minimum Gasteiger partial charge on any atom is -0.493 e. The maximum Gasteiger partial charge on any atom is 0.261 e. The Morgan fingerprint density at radius 3 is 2.52 bits per heavy atom. The number of ether oxygens (including phenoxy) is 1. The molecule has 6 heteroatoms. The van der Waals surface area contributed by atoms with E-state index in [-0.39, 0.29) is 4.90 Å². The molecule has 0 spiro atoms. The summed E-state index contributed by atoms with van der Waals surface area (Å²) in [7, 11) is 1.71. The first-order valence-electron chi connectivity index (χ1n) is 6.71. The van der Waals surface area contributed by atoms with E-state index in [9.17, 15) is 8.42 Å². The Hall–Kier alpha value is -0.910. The van der Waals surface area contributed by atoms with Gasteiger partial charge in [0.2, 0.25) is 0 Å². The van der Waals surface area contributed by atoms with Gasteiger partial charge in [-0.05, 0) is 30.1 Å². The van der Waals surface area contributed by atoms with Crippen LogP contribution in [0.2, 0.25) is 0 Å². The van der Waals surface area contributed by atoms with E-state index in [1.54, 1.807) is 18.2 Å². The van der Waals surface area contributed by atoms with E-state index < -0.39 is 9.05 Å². The van der Waals surface area contributed by atoms with Gasteiger partial charge in [0.25, 0.3) is 9.05 Å². The van der Waals surface area contributed by atoms with Crippen molar-refractivity contribution in [1.29, 1.82) is 0 Å². The molecule has 0 heterocycles. The lowest BCUT2D eigenvalue weighted by Gasteiger charge is -2.11. The summed E-state index contributed by atoms with van der Waals surface area (Å²) in [6, 6.07) is 10.4. The summed E-state index contributed by atoms with van der Waals surface area (Å²) in [6.07, 6.45) is 0.961. The van der Waals surface area contributed by atoms with Crippen LogP contribution in [0.1, 0.15) is 13.3 Å². The van der Waals surface area contributed by atoms with Gasteiger partial charge in [-0.15, -0.1) is 0 Å². The Bertz CT molecular complexity index is 714. The first kappa shape index (κ1) is 16.5. The molecule has 0 radical (unpaired) electrons. The Morgan fingerprint density at radius 2 is 1.86 bits per heavy atom. The van der Waals surface area contributed by atoms with Crippen LogP contribution in [0.3, 0.4) is 0 Å². The molecular weight excluding hydrogens is 328 g/mol. The number of hydrogen-bond acceptors (Lipinski definition) is 4. The van der Waals surface area contributed by atoms with E-state index in [2.05, 4.69) is 6.92 Å². The molecule has 0 aliphatic carbocycles. The zero-order valence-corrected chi connectivity index (χ0v) is 14.1. The fourth-order valence-electron chi connectivity index (χ4n) is 2.07. The summed E-state index contributed by atoms with van der Waals surface area (Å²) in [5.41, 5.74) is 0. The highest BCUT2D eigenvalue weighted by Crippen LogP contribution is 2.32. The lowest BCUT2D eigenvalue weighted by molar-refractivity contribution is 0.322. The highest BCUT2D eigenvalue weighted by molar-refractivity contribution is 8.14. The quantitative estimate of drug-likeness (QED) is 0.555. The van der Waals surface area contributed by atoms with E-state index in [1.807, 2.05) is 23.9 Å². The maximum absolute atomic E-state index is 11.6. The van der Waals surface area contributed by atoms with Crippen molar-refractivity contribution in [1.82, 2.24) is 0 Å². The highest BCUT2D eigenvalue weighted by atomic mass is 35.7. The van der Waals surface area contributed by atoms with Crippen LogP contribution in [0.5, 0.6) is 5.75 Å². The third kappa shape index (κ3) is 4.28. The largest absolute Gasteiger partial charge is 0.493 e. The summed E-state index contributed by atoms with van der Waals surface area (Å²) < 4.78 is 29.0. The topological polar surface area (TPSA) is 43.4 Å². The second-order valence-electron chi connectivity index (χ2n) is 4.44. The molecule has 0 saturated heterocycles. The van der Waals surface area contributed by atoms with Crippen LogP contribution in [0.25, 0.3) is 10.8 Å². The molecule has 2 aromatic carbocycles. The number of rotatable bonds is 7. The smallest absolute Gasteiger partial charge is 0.261 e. The summed E-state index contributed by atoms with van der Waals surface area (Å²) in [5, 5.41) is 1.36. The maximum atomic E-state index is 11.6. The molecule has 2 rings (SSSR count). The Morgan fingerprint density at radius 1 is 1.14 bits per heavy atom. The van der Waals surface area contributed by atoms with Gasteiger partial charge in [0.05, 0.1) is 11.5 Å². The van der Waals surface area contributed by atoms with Crippen molar-refractivity contribution in [2.24, 2.45) is 0 Å². The van der Waals surface area contributed by atoms with E-state index in [0.29, 0.717) is 17.7 Å². The fourth-order valence-corrected chi connectivity index (χ4v) is 3.76. The third-order valence-electron chi connectivity index (χ3n) is 3.00. The fraction of sp³-hybridized carbons (Fsp3) is 0.333. The van der Waals surface area contributed by atoms with Crippen LogP contribution in [0, 0.1) is 0 Å². The van der Waals surface area contributed by atoms with Crippen molar-refractivity contribution < 1.29 is 13.2 Å². The molecule has 114 valence electrons. The normalized spacial score (nSPS) is 11.7. The monoisotopic (exact) mass is 344 g/mol. The molecule has 0 amide bonds. The third-order valence-corrected chi connectivity index (χ3v) is 5.37. The van der Waals surface area contributed by atoms with Gasteiger partial charge in [0.15, 0.2) is 0 Å². The summed E-state index contributed by atoms with van der Waals surface area (Å²) in [4.78, 5) is 0.119. The summed E-state index contributed by atoms with van der Waals surface area (Å²) in [5.74, 6) is 2.85. The van der Waals surface area contributed by atoms with E-state index in [4.69, 9.17) is 15.4 Å². The average molecular weight is 345 g/mol. The number of hydrogen-bond donors (Lipinski definition) is 0. The second kappa shape index (κ2) is 7.38. The van der Waals surface area contributed by atoms with Crippen LogP contribution in [0.15, 0.2) is 41.3 Å². The first-order valence-corrected chi connectivity index (χ1v) is 10.2. The van der Waals surface area contributed by atoms with Gasteiger partial charge in [-0.25, -0.2) is 8.42 Å². The van der Waals surface area contributed by atoms with Gasteiger partial charge in [-0.2, -0.15) is 11.8 Å². The molecule has 0 saturated carbocycles. The van der Waals surface area contributed by atoms with Crippen molar-refractivity contribution >= 4 is 42.3 Å². The van der Waals surface area contributed by atoms with Crippen LogP contribution >= 0.6 is 22.4 Å². The van der Waals surface area contributed by atoms with Gasteiger partial charge in [0.1, 0.15) is 5.75 Å². The molecule has 0 bridgehead atoms. The van der Waals surface area contributed by atoms with Crippen LogP contribution in [-0.2, 0) is 9.05 Å². The molecule has 0 N–H and O–H groups in total. The lowest BCUT2D eigenvalue weighted by Crippen LogP contribution is -2.01. The van der Waals surface area contributed by atoms with Crippen molar-refractivity contribution in [2.75, 3.05) is 18.1 Å². The summed E-state index contributed by atoms with van der Waals surface area (Å²) >= 11 is 1.88. The number of fused-ring (bicyclic) bond motifs is 1. The Labute approximate surface area is 134 Å². The van der Waals surface area contributed by atoms with E-state index in [0.717, 1.165) is 23.3 Å². The van der Waals surface area contributed by atoms with E-state index >= 15 is 0 Å². The average Bonchev–Trinajstić information content (AvgIpc) is 2.45. The van der Waals surface area contributed by atoms with Gasteiger partial charge < -0.3 is 4.74 Å². The molecule has 0 atom stereocenters. The lowest BCUT2D eigenvalue weighted by atomic mass is 10.1. The predicted molar refractivity (Wildman–Crippen MR) is 90.1 cm³/mol. The van der Waals surface area contributed by atoms with Crippen LogP contribution in [-0.4, -0.2) is 26.5 Å². The molecule has 0 aromatic heterocycles. The number of benzene rings is 2. The van der Waals surface area contributed by atoms with Crippen molar-refractivity contribution in [3.63, 3.8) is 0 Å². The van der Waals surface area contributed by atoms with Gasteiger partial charge in [-0.1, -0.05) is 31.2 Å². The zero-order valence-electron chi connectivity index (χ0n) is 11.7. The molecule has 0 unspecified atom stereocenters. The zero-order chi connectivity index (χ0) is 15.3. The van der Waals surface area contributed by atoms with Crippen molar-refractivity contribution in [3.8, 4) is 5.75 Å². The number of thioether (sulfide) groups is 1. The SMILES string of the molecule is CCSCCCOc1ccc(S(=O)(=O)Cl)c2ccccc12. The predicted octanol–water partition coefficient (Wildman–Crippen LogP) is 4.29. The highest BCUT2D eigenvalue weighted by Gasteiger charge is 2.16. The Balaban J connectivity index is 2.26. The molecule has 0 aliphatic heterocycles. The minimum absolute atomic E-state index is 0.119. The van der Waals surface area contributed by atoms with Gasteiger partial charge in [-0.3, -0.25) is 0 Å². The number of halogens is 1. The summed E-state index contributed by atoms with van der Waals surface area (Å²) in [6.45, 7) is 2.74. The molecular formula is C15H17ClO3S2. The molecule has 0 aliphatic rings. The standard InChI is InChI=1S/C15H17ClO3S2/c1-2-20-11-5-10-19-14-8-9-15(21(16,17)18)13-7-4-3-6-12(13)14/h3-4,6-9H,2,5,10-11H2,1H3. The van der Waals surface area contributed by atoms with Gasteiger partial charge >= 0.3 is 0 Å². The van der Waals surface area contributed by atoms with Gasteiger partial charge in [0, 0.05) is 21.5 Å². The molecule has 0 fully saturated rings. The molecule has 21 heavy (non-hydrogen) atoms.